The Balaban J connectivity index is 2.14. The Hall–Kier alpha value is -2.44. The lowest BCUT2D eigenvalue weighted by Crippen LogP contribution is -2.07. The number of H-pyrrole nitrogens is 1. The van der Waals surface area contributed by atoms with Crippen LogP contribution in [0.2, 0.25) is 0 Å². The first-order chi connectivity index (χ1) is 7.34. The number of hydrogen-bond acceptors (Lipinski definition) is 5. The number of amidine groups is 1. The minimum Gasteiger partial charge on any atom is -0.382 e. The van der Waals surface area contributed by atoms with Gasteiger partial charge in [-0.3, -0.25) is 5.10 Å². The van der Waals surface area contributed by atoms with Crippen LogP contribution in [0.3, 0.4) is 0 Å². The van der Waals surface area contributed by atoms with Gasteiger partial charge in [-0.15, -0.1) is 10.5 Å². The molecule has 7 nitrogen and oxygen atoms in total. The molecule has 73 valence electrons. The highest BCUT2D eigenvalue weighted by atomic mass is 15.6. The molecule has 0 amide bonds. The Kier molecular flexibility index (Phi) is 1.46. The van der Waals surface area contributed by atoms with Gasteiger partial charge >= 0.3 is 0 Å². The zero-order chi connectivity index (χ0) is 10.3. The molecular formula is C8H6N7. The van der Waals surface area contributed by atoms with Crippen LogP contribution in [-0.4, -0.2) is 16.0 Å². The molecule has 0 atom stereocenters. The summed E-state index contributed by atoms with van der Waals surface area (Å²) >= 11 is 0. The smallest absolute Gasteiger partial charge is 0.207 e. The van der Waals surface area contributed by atoms with Gasteiger partial charge in [0.1, 0.15) is 0 Å². The molecule has 3 N–H and O–H groups in total. The number of nitrogens with one attached hydrogen (secondary N) is 1. The molecule has 1 aromatic carbocycles. The summed E-state index contributed by atoms with van der Waals surface area (Å²) in [5.74, 6) is 0.973. The molecule has 3 rings (SSSR count). The second kappa shape index (κ2) is 2.77. The third kappa shape index (κ3) is 1.13. The second-order valence-corrected chi connectivity index (χ2v) is 3.07. The van der Waals surface area contributed by atoms with E-state index in [9.17, 15) is 0 Å². The first-order valence-corrected chi connectivity index (χ1v) is 4.27. The molecule has 0 saturated heterocycles. The summed E-state index contributed by atoms with van der Waals surface area (Å²) in [7, 11) is 0. The summed E-state index contributed by atoms with van der Waals surface area (Å²) in [6.07, 6.45) is 0. The van der Waals surface area contributed by atoms with Crippen molar-refractivity contribution < 1.29 is 0 Å². The lowest BCUT2D eigenvalue weighted by atomic mass is 10.1. The molecule has 1 radical (unpaired) electrons. The number of nitrogens with zero attached hydrogens (tertiary/aromatic N) is 5. The molecule has 0 aliphatic carbocycles. The predicted octanol–water partition coefficient (Wildman–Crippen LogP) is 0.792. The Morgan fingerprint density at radius 3 is 2.93 bits per heavy atom. The number of anilines is 1. The van der Waals surface area contributed by atoms with Crippen molar-refractivity contribution in [3.8, 4) is 0 Å². The first-order valence-electron chi connectivity index (χ1n) is 4.27. The Morgan fingerprint density at radius 2 is 2.13 bits per heavy atom. The van der Waals surface area contributed by atoms with Crippen molar-refractivity contribution >= 4 is 22.6 Å². The molecule has 2 aromatic rings. The quantitative estimate of drug-likeness (QED) is 0.710. The minimum absolute atomic E-state index is 0.483. The molecule has 0 unspecified atom stereocenters. The fourth-order valence-corrected chi connectivity index (χ4v) is 1.44. The monoisotopic (exact) mass is 200 g/mol. The van der Waals surface area contributed by atoms with Gasteiger partial charge in [0.2, 0.25) is 5.84 Å². The van der Waals surface area contributed by atoms with E-state index in [2.05, 4.69) is 31.2 Å². The highest BCUT2D eigenvalue weighted by Gasteiger charge is 2.11. The van der Waals surface area contributed by atoms with E-state index in [0.29, 0.717) is 11.7 Å². The molecule has 1 aliphatic heterocycles. The second-order valence-electron chi connectivity index (χ2n) is 3.07. The summed E-state index contributed by atoms with van der Waals surface area (Å²) in [5.41, 5.74) is 11.1. The number of nitrogens with two attached hydrogens (primary N) is 1. The third-order valence-corrected chi connectivity index (χ3v) is 2.17. The van der Waals surface area contributed by atoms with Crippen LogP contribution >= 0.6 is 0 Å². The van der Waals surface area contributed by atoms with Crippen LogP contribution in [0.4, 0.5) is 5.82 Å². The zero-order valence-electron chi connectivity index (χ0n) is 7.55. The average Bonchev–Trinajstić information content (AvgIpc) is 2.88. The molecular weight excluding hydrogens is 194 g/mol. The van der Waals surface area contributed by atoms with Crippen LogP contribution in [0.1, 0.15) is 5.56 Å². The maximum atomic E-state index is 5.65. The number of benzene rings is 1. The highest BCUT2D eigenvalue weighted by Crippen LogP contribution is 2.19. The lowest BCUT2D eigenvalue weighted by molar-refractivity contribution is 0.923. The molecule has 7 heteroatoms. The van der Waals surface area contributed by atoms with Gasteiger partial charge in [0.25, 0.3) is 0 Å². The Bertz CT molecular complexity index is 580. The SMILES string of the molecule is Nc1n[nH]c2cc(C3=NN=N[N]3)ccc12. The van der Waals surface area contributed by atoms with Gasteiger partial charge in [0.05, 0.1) is 5.52 Å². The van der Waals surface area contributed by atoms with Crippen molar-refractivity contribution in [2.75, 3.05) is 5.73 Å². The predicted molar refractivity (Wildman–Crippen MR) is 54.0 cm³/mol. The van der Waals surface area contributed by atoms with Crippen LogP contribution in [0, 0.1) is 0 Å². The molecule has 1 aromatic heterocycles. The maximum Gasteiger partial charge on any atom is 0.207 e. The molecule has 0 saturated carbocycles. The van der Waals surface area contributed by atoms with E-state index in [1.54, 1.807) is 0 Å². The van der Waals surface area contributed by atoms with E-state index in [1.165, 1.54) is 0 Å². The number of hydrogen-bond donors (Lipinski definition) is 2. The highest BCUT2D eigenvalue weighted by molar-refractivity contribution is 6.02. The van der Waals surface area contributed by atoms with E-state index >= 15 is 0 Å². The summed E-state index contributed by atoms with van der Waals surface area (Å²) < 4.78 is 0. The fraction of sp³-hybridized carbons (Fsp3) is 0. The van der Waals surface area contributed by atoms with Crippen molar-refractivity contribution in [2.24, 2.45) is 15.5 Å². The summed E-state index contributed by atoms with van der Waals surface area (Å²) in [6.45, 7) is 0. The van der Waals surface area contributed by atoms with Crippen molar-refractivity contribution in [2.45, 2.75) is 0 Å². The van der Waals surface area contributed by atoms with Crippen molar-refractivity contribution in [3.05, 3.63) is 23.8 Å². The minimum atomic E-state index is 0.483. The third-order valence-electron chi connectivity index (χ3n) is 2.17. The lowest BCUT2D eigenvalue weighted by Gasteiger charge is -1.96. The van der Waals surface area contributed by atoms with Crippen LogP contribution in [0.15, 0.2) is 33.7 Å². The van der Waals surface area contributed by atoms with Gasteiger partial charge in [-0.05, 0) is 22.6 Å². The first kappa shape index (κ1) is 7.92. The fourth-order valence-electron chi connectivity index (χ4n) is 1.44. The van der Waals surface area contributed by atoms with Crippen molar-refractivity contribution in [1.29, 1.82) is 0 Å². The van der Waals surface area contributed by atoms with Gasteiger partial charge in [0, 0.05) is 10.9 Å². The topological polar surface area (TPSA) is 106 Å². The standard InChI is InChI=1S/C8H6N7/c9-7-5-2-1-4(3-6(5)10-11-7)8-12-14-15-13-8/h1-3H,(H3,9,10,11). The van der Waals surface area contributed by atoms with Crippen LogP contribution < -0.4 is 11.2 Å². The number of aromatic amines is 1. The van der Waals surface area contributed by atoms with Gasteiger partial charge in [-0.2, -0.15) is 5.10 Å². The molecule has 0 spiro atoms. The Labute approximate surface area is 84.0 Å². The van der Waals surface area contributed by atoms with Gasteiger partial charge in [-0.1, -0.05) is 6.07 Å². The van der Waals surface area contributed by atoms with Gasteiger partial charge in [-0.25, -0.2) is 0 Å². The Morgan fingerprint density at radius 1 is 1.20 bits per heavy atom. The van der Waals surface area contributed by atoms with Crippen molar-refractivity contribution in [3.63, 3.8) is 0 Å². The molecule has 15 heavy (non-hydrogen) atoms. The summed E-state index contributed by atoms with van der Waals surface area (Å²) in [6, 6.07) is 5.57. The van der Waals surface area contributed by atoms with E-state index in [-0.39, 0.29) is 0 Å². The van der Waals surface area contributed by atoms with E-state index in [0.717, 1.165) is 16.5 Å². The molecule has 0 fully saturated rings. The van der Waals surface area contributed by atoms with Crippen LogP contribution in [-0.2, 0) is 0 Å². The number of aromatic nitrogens is 2. The van der Waals surface area contributed by atoms with Crippen molar-refractivity contribution in [1.82, 2.24) is 15.6 Å². The summed E-state index contributed by atoms with van der Waals surface area (Å²) in [5, 5.41) is 18.2. The van der Waals surface area contributed by atoms with E-state index in [1.807, 2.05) is 18.2 Å². The average molecular weight is 200 g/mol. The molecule has 1 aliphatic rings. The van der Waals surface area contributed by atoms with E-state index in [4.69, 9.17) is 5.73 Å². The molecule has 2 heterocycles. The number of fused-ring (bicyclic) bond motifs is 1. The molecule has 0 bridgehead atoms. The number of rotatable bonds is 1. The largest absolute Gasteiger partial charge is 0.382 e. The van der Waals surface area contributed by atoms with Crippen LogP contribution in [0.25, 0.3) is 10.9 Å². The van der Waals surface area contributed by atoms with Gasteiger partial charge < -0.3 is 5.73 Å². The van der Waals surface area contributed by atoms with Crippen LogP contribution in [0.5, 0.6) is 0 Å². The number of nitrogen functional groups attached to an aromatic ring is 1. The normalized spacial score (nSPS) is 14.3. The summed E-state index contributed by atoms with van der Waals surface area (Å²) in [4.78, 5) is 0. The van der Waals surface area contributed by atoms with Gasteiger partial charge in [0.15, 0.2) is 5.82 Å². The maximum absolute atomic E-state index is 5.65. The zero-order valence-corrected chi connectivity index (χ0v) is 7.55. The van der Waals surface area contributed by atoms with E-state index < -0.39 is 0 Å².